The minimum absolute atomic E-state index is 0.373. The summed E-state index contributed by atoms with van der Waals surface area (Å²) in [6.45, 7) is 5.91. The zero-order valence-electron chi connectivity index (χ0n) is 13.0. The molecule has 1 spiro atoms. The molecule has 4 heteroatoms. The molecule has 0 radical (unpaired) electrons. The second kappa shape index (κ2) is 5.52. The van der Waals surface area contributed by atoms with Crippen molar-refractivity contribution >= 4 is 0 Å². The molecular formula is C18H22N2O2. The van der Waals surface area contributed by atoms with E-state index in [1.807, 2.05) is 6.92 Å². The van der Waals surface area contributed by atoms with Crippen LogP contribution in [0, 0.1) is 12.3 Å². The lowest BCUT2D eigenvalue weighted by molar-refractivity contribution is -0.0147. The third-order valence-electron chi connectivity index (χ3n) is 4.76. The minimum atomic E-state index is 0.373. The lowest BCUT2D eigenvalue weighted by atomic mass is 9.77. The van der Waals surface area contributed by atoms with Crippen LogP contribution < -0.4 is 0 Å². The number of oxazole rings is 1. The molecule has 2 aliphatic heterocycles. The highest BCUT2D eigenvalue weighted by molar-refractivity contribution is 5.16. The maximum absolute atomic E-state index is 6.06. The highest BCUT2D eigenvalue weighted by Gasteiger charge is 2.48. The summed E-state index contributed by atoms with van der Waals surface area (Å²) in [5.41, 5.74) is 2.78. The van der Waals surface area contributed by atoms with E-state index < -0.39 is 0 Å². The van der Waals surface area contributed by atoms with Gasteiger partial charge in [0.2, 0.25) is 0 Å². The molecule has 0 aliphatic carbocycles. The topological polar surface area (TPSA) is 38.5 Å². The highest BCUT2D eigenvalue weighted by atomic mass is 16.5. The molecule has 2 aromatic rings. The number of ether oxygens (including phenoxy) is 1. The van der Waals surface area contributed by atoms with E-state index in [0.29, 0.717) is 11.5 Å². The van der Waals surface area contributed by atoms with Crippen LogP contribution in [0.25, 0.3) is 0 Å². The Morgan fingerprint density at radius 3 is 2.82 bits per heavy atom. The Morgan fingerprint density at radius 2 is 2.09 bits per heavy atom. The molecule has 0 amide bonds. The van der Waals surface area contributed by atoms with E-state index in [1.54, 1.807) is 6.26 Å². The molecule has 4 nitrogen and oxygen atoms in total. The molecule has 1 aromatic carbocycles. The fourth-order valence-electron chi connectivity index (χ4n) is 3.85. The van der Waals surface area contributed by atoms with Gasteiger partial charge in [-0.05, 0) is 18.4 Å². The Bertz CT molecular complexity index is 632. The first kappa shape index (κ1) is 14.0. The number of rotatable bonds is 4. The molecule has 1 atom stereocenters. The number of nitrogens with zero attached hydrogens (tertiary/aromatic N) is 2. The summed E-state index contributed by atoms with van der Waals surface area (Å²) in [6, 6.07) is 10.6. The second-order valence-corrected chi connectivity index (χ2v) is 6.83. The summed E-state index contributed by atoms with van der Waals surface area (Å²) in [5.74, 6) is 0.748. The molecule has 1 unspecified atom stereocenters. The molecule has 3 heterocycles. The van der Waals surface area contributed by atoms with Crippen molar-refractivity contribution < 1.29 is 9.15 Å². The van der Waals surface area contributed by atoms with Gasteiger partial charge >= 0.3 is 0 Å². The maximum atomic E-state index is 6.06. The molecule has 22 heavy (non-hydrogen) atoms. The number of hydrogen-bond donors (Lipinski definition) is 0. The molecule has 2 aliphatic rings. The van der Waals surface area contributed by atoms with Crippen molar-refractivity contribution in [3.05, 3.63) is 53.7 Å². The lowest BCUT2D eigenvalue weighted by Crippen LogP contribution is -2.56. The van der Waals surface area contributed by atoms with Crippen molar-refractivity contribution in [1.29, 1.82) is 0 Å². The number of aryl methyl sites for hydroxylation is 1. The van der Waals surface area contributed by atoms with Crippen molar-refractivity contribution in [2.24, 2.45) is 5.41 Å². The van der Waals surface area contributed by atoms with E-state index in [0.717, 1.165) is 44.2 Å². The summed E-state index contributed by atoms with van der Waals surface area (Å²) in [5, 5.41) is 0. The largest absolute Gasteiger partial charge is 0.449 e. The third kappa shape index (κ3) is 2.81. The van der Waals surface area contributed by atoms with Crippen LogP contribution in [0.15, 0.2) is 41.0 Å². The summed E-state index contributed by atoms with van der Waals surface area (Å²) in [4.78, 5) is 6.81. The van der Waals surface area contributed by atoms with Gasteiger partial charge in [-0.2, -0.15) is 0 Å². The van der Waals surface area contributed by atoms with Crippen molar-refractivity contribution in [2.45, 2.75) is 32.4 Å². The normalized spacial score (nSPS) is 23.8. The minimum Gasteiger partial charge on any atom is -0.449 e. The molecule has 4 rings (SSSR count). The summed E-state index contributed by atoms with van der Waals surface area (Å²) in [7, 11) is 0. The first-order valence-electron chi connectivity index (χ1n) is 8.00. The Kier molecular flexibility index (Phi) is 3.51. The zero-order valence-corrected chi connectivity index (χ0v) is 13.0. The number of aromatic nitrogens is 1. The van der Waals surface area contributed by atoms with Crippen LogP contribution in [0.4, 0.5) is 0 Å². The van der Waals surface area contributed by atoms with Gasteiger partial charge in [0.25, 0.3) is 0 Å². The van der Waals surface area contributed by atoms with Gasteiger partial charge in [0.05, 0.1) is 18.4 Å². The van der Waals surface area contributed by atoms with Crippen molar-refractivity contribution in [1.82, 2.24) is 9.88 Å². The molecule has 1 aromatic heterocycles. The predicted octanol–water partition coefficient (Wildman–Crippen LogP) is 2.82. The smallest absolute Gasteiger partial charge is 0.191 e. The first-order valence-corrected chi connectivity index (χ1v) is 8.00. The molecule has 0 N–H and O–H groups in total. The molecule has 0 saturated carbocycles. The maximum Gasteiger partial charge on any atom is 0.191 e. The standard InChI is InChI=1S/C18H22N2O2/c1-14-19-16(10-21-14)9-20-11-18(12-20)8-17(22-13-18)7-15-5-3-2-4-6-15/h2-6,10,17H,7-9,11-13H2,1H3. The van der Waals surface area contributed by atoms with Gasteiger partial charge in [-0.25, -0.2) is 4.98 Å². The Hall–Kier alpha value is -1.65. The molecule has 2 saturated heterocycles. The SMILES string of the molecule is Cc1nc(CN2CC3(COC(Cc4ccccc4)C3)C2)co1. The highest BCUT2D eigenvalue weighted by Crippen LogP contribution is 2.42. The zero-order chi connectivity index (χ0) is 15.0. The van der Waals surface area contributed by atoms with Crippen molar-refractivity contribution in [2.75, 3.05) is 19.7 Å². The second-order valence-electron chi connectivity index (χ2n) is 6.83. The average molecular weight is 298 g/mol. The van der Waals surface area contributed by atoms with Crippen LogP contribution in [-0.2, 0) is 17.7 Å². The number of hydrogen-bond acceptors (Lipinski definition) is 4. The van der Waals surface area contributed by atoms with E-state index in [9.17, 15) is 0 Å². The number of benzene rings is 1. The molecule has 116 valence electrons. The fraction of sp³-hybridized carbons (Fsp3) is 0.500. The predicted molar refractivity (Wildman–Crippen MR) is 83.5 cm³/mol. The van der Waals surface area contributed by atoms with E-state index in [4.69, 9.17) is 9.15 Å². The summed E-state index contributed by atoms with van der Waals surface area (Å²) >= 11 is 0. The van der Waals surface area contributed by atoms with Gasteiger partial charge in [-0.15, -0.1) is 0 Å². The van der Waals surface area contributed by atoms with Gasteiger partial charge in [-0.1, -0.05) is 30.3 Å². The summed E-state index contributed by atoms with van der Waals surface area (Å²) in [6.07, 6.45) is 4.35. The monoisotopic (exact) mass is 298 g/mol. The first-order chi connectivity index (χ1) is 10.7. The van der Waals surface area contributed by atoms with E-state index in [-0.39, 0.29) is 0 Å². The van der Waals surface area contributed by atoms with E-state index in [1.165, 1.54) is 12.0 Å². The van der Waals surface area contributed by atoms with Gasteiger partial charge in [-0.3, -0.25) is 4.90 Å². The van der Waals surface area contributed by atoms with E-state index in [2.05, 4.69) is 40.2 Å². The van der Waals surface area contributed by atoms with E-state index >= 15 is 0 Å². The summed E-state index contributed by atoms with van der Waals surface area (Å²) < 4.78 is 11.3. The van der Waals surface area contributed by atoms with Crippen LogP contribution in [0.1, 0.15) is 23.6 Å². The molecule has 0 bridgehead atoms. The fourth-order valence-corrected chi connectivity index (χ4v) is 3.85. The molecule has 2 fully saturated rings. The van der Waals surface area contributed by atoms with Gasteiger partial charge in [0, 0.05) is 32.0 Å². The van der Waals surface area contributed by atoms with Crippen LogP contribution in [0.5, 0.6) is 0 Å². The third-order valence-corrected chi connectivity index (χ3v) is 4.76. The van der Waals surface area contributed by atoms with Crippen molar-refractivity contribution in [3.8, 4) is 0 Å². The quantitative estimate of drug-likeness (QED) is 0.870. The van der Waals surface area contributed by atoms with Crippen LogP contribution >= 0.6 is 0 Å². The Balaban J connectivity index is 1.29. The van der Waals surface area contributed by atoms with Crippen molar-refractivity contribution in [3.63, 3.8) is 0 Å². The van der Waals surface area contributed by atoms with Gasteiger partial charge in [0.15, 0.2) is 5.89 Å². The lowest BCUT2D eigenvalue weighted by Gasteiger charge is -2.47. The Morgan fingerprint density at radius 1 is 1.27 bits per heavy atom. The van der Waals surface area contributed by atoms with Crippen LogP contribution in [-0.4, -0.2) is 35.7 Å². The van der Waals surface area contributed by atoms with Crippen LogP contribution in [0.3, 0.4) is 0 Å². The van der Waals surface area contributed by atoms with Gasteiger partial charge in [0.1, 0.15) is 6.26 Å². The Labute approximate surface area is 131 Å². The number of likely N-dealkylation sites (tertiary alicyclic amines) is 1. The average Bonchev–Trinajstić information content (AvgIpc) is 3.07. The van der Waals surface area contributed by atoms with Gasteiger partial charge < -0.3 is 9.15 Å². The van der Waals surface area contributed by atoms with Crippen LogP contribution in [0.2, 0.25) is 0 Å². The molecular weight excluding hydrogens is 276 g/mol.